The molecular formula is C31H39N3O4S. The molecule has 0 aliphatic carbocycles. The highest BCUT2D eigenvalue weighted by Crippen LogP contribution is 2.27. The lowest BCUT2D eigenvalue weighted by Crippen LogP contribution is -2.53. The third kappa shape index (κ3) is 7.93. The van der Waals surface area contributed by atoms with Crippen molar-refractivity contribution in [2.75, 3.05) is 23.7 Å². The number of nitrogens with one attached hydrogen (secondary N) is 1. The van der Waals surface area contributed by atoms with Gasteiger partial charge in [0.15, 0.2) is 0 Å². The number of para-hydroxylation sites is 1. The lowest BCUT2D eigenvalue weighted by molar-refractivity contribution is -0.140. The van der Waals surface area contributed by atoms with E-state index in [9.17, 15) is 18.0 Å². The summed E-state index contributed by atoms with van der Waals surface area (Å²) in [6.07, 6.45) is 2.16. The summed E-state index contributed by atoms with van der Waals surface area (Å²) in [5, 5.41) is 2.96. The van der Waals surface area contributed by atoms with Gasteiger partial charge in [0.05, 0.1) is 11.9 Å². The fraction of sp³-hybridized carbons (Fsp3) is 0.355. The number of nitrogens with zero attached hydrogens (tertiary/aromatic N) is 2. The van der Waals surface area contributed by atoms with Crippen LogP contribution >= 0.6 is 0 Å². The molecule has 0 radical (unpaired) electrons. The Morgan fingerprint density at radius 1 is 0.846 bits per heavy atom. The Morgan fingerprint density at radius 3 is 2.03 bits per heavy atom. The molecule has 2 amide bonds. The van der Waals surface area contributed by atoms with Crippen LogP contribution in [0.1, 0.15) is 41.2 Å². The predicted octanol–water partition coefficient (Wildman–Crippen LogP) is 4.54. The Balaban J connectivity index is 2.09. The first-order valence-corrected chi connectivity index (χ1v) is 15.1. The Hall–Kier alpha value is -3.65. The van der Waals surface area contributed by atoms with Crippen molar-refractivity contribution < 1.29 is 18.0 Å². The van der Waals surface area contributed by atoms with E-state index in [1.165, 1.54) is 4.90 Å². The molecule has 0 heterocycles. The van der Waals surface area contributed by atoms with Gasteiger partial charge in [0.2, 0.25) is 21.8 Å². The van der Waals surface area contributed by atoms with Gasteiger partial charge in [-0.1, -0.05) is 79.7 Å². The summed E-state index contributed by atoms with van der Waals surface area (Å²) >= 11 is 0. The smallest absolute Gasteiger partial charge is 0.244 e. The van der Waals surface area contributed by atoms with E-state index in [1.54, 1.807) is 0 Å². The second-order valence-electron chi connectivity index (χ2n) is 9.95. The zero-order valence-corrected chi connectivity index (χ0v) is 24.3. The molecular weight excluding hydrogens is 510 g/mol. The number of anilines is 1. The molecule has 0 aromatic heterocycles. The lowest BCUT2D eigenvalue weighted by atomic mass is 10.0. The number of carbonyl (C=O) groups excluding carboxylic acids is 2. The average Bonchev–Trinajstić information content (AvgIpc) is 2.89. The van der Waals surface area contributed by atoms with Crippen LogP contribution in [-0.4, -0.2) is 50.5 Å². The van der Waals surface area contributed by atoms with Crippen LogP contribution in [0.25, 0.3) is 0 Å². The number of amides is 2. The van der Waals surface area contributed by atoms with Crippen LogP contribution in [0.4, 0.5) is 5.69 Å². The molecule has 0 aliphatic heterocycles. The van der Waals surface area contributed by atoms with Crippen molar-refractivity contribution in [3.63, 3.8) is 0 Å². The minimum absolute atomic E-state index is 0.174. The average molecular weight is 550 g/mol. The van der Waals surface area contributed by atoms with E-state index >= 15 is 0 Å². The topological polar surface area (TPSA) is 86.8 Å². The summed E-state index contributed by atoms with van der Waals surface area (Å²) in [5.74, 6) is -0.709. The number of sulfonamides is 1. The first-order chi connectivity index (χ1) is 18.5. The molecule has 7 nitrogen and oxygen atoms in total. The van der Waals surface area contributed by atoms with E-state index in [-0.39, 0.29) is 12.5 Å². The second kappa shape index (κ2) is 13.4. The van der Waals surface area contributed by atoms with E-state index in [1.807, 2.05) is 100 Å². The highest BCUT2D eigenvalue weighted by molar-refractivity contribution is 7.92. The van der Waals surface area contributed by atoms with Gasteiger partial charge in [0.25, 0.3) is 0 Å². The van der Waals surface area contributed by atoms with Crippen molar-refractivity contribution in [3.8, 4) is 0 Å². The number of carbonyl (C=O) groups is 2. The predicted molar refractivity (Wildman–Crippen MR) is 157 cm³/mol. The van der Waals surface area contributed by atoms with Crippen LogP contribution in [-0.2, 0) is 32.6 Å². The van der Waals surface area contributed by atoms with Gasteiger partial charge in [-0.05, 0) is 55.0 Å². The largest absolute Gasteiger partial charge is 0.354 e. The maximum Gasteiger partial charge on any atom is 0.244 e. The summed E-state index contributed by atoms with van der Waals surface area (Å²) in [5.41, 5.74) is 4.77. The molecule has 39 heavy (non-hydrogen) atoms. The van der Waals surface area contributed by atoms with Gasteiger partial charge in [-0.15, -0.1) is 0 Å². The van der Waals surface area contributed by atoms with Gasteiger partial charge in [-0.25, -0.2) is 8.42 Å². The van der Waals surface area contributed by atoms with E-state index in [0.29, 0.717) is 18.7 Å². The Kier molecular flexibility index (Phi) is 10.3. The van der Waals surface area contributed by atoms with E-state index in [2.05, 4.69) is 5.32 Å². The van der Waals surface area contributed by atoms with E-state index in [4.69, 9.17) is 0 Å². The summed E-state index contributed by atoms with van der Waals surface area (Å²) in [6.45, 7) is 7.82. The molecule has 0 bridgehead atoms. The molecule has 0 unspecified atom stereocenters. The molecule has 3 aromatic carbocycles. The molecule has 0 saturated carbocycles. The van der Waals surface area contributed by atoms with Crippen molar-refractivity contribution >= 4 is 27.5 Å². The SMILES string of the molecule is CCCNC(=O)[C@@H](Cc1ccccc1)N(Cc1ccccc1C)C(=O)CN(c1c(C)cccc1C)S(C)(=O)=O. The number of aryl methyl sites for hydroxylation is 3. The van der Waals surface area contributed by atoms with Gasteiger partial charge in [-0.2, -0.15) is 0 Å². The first-order valence-electron chi connectivity index (χ1n) is 13.2. The molecule has 1 N–H and O–H groups in total. The molecule has 0 fully saturated rings. The molecule has 0 saturated heterocycles. The number of rotatable bonds is 12. The fourth-order valence-corrected chi connectivity index (χ4v) is 5.63. The molecule has 0 spiro atoms. The third-order valence-electron chi connectivity index (χ3n) is 6.79. The van der Waals surface area contributed by atoms with Crippen molar-refractivity contribution in [2.24, 2.45) is 0 Å². The second-order valence-corrected chi connectivity index (χ2v) is 11.9. The maximum atomic E-state index is 14.2. The fourth-order valence-electron chi connectivity index (χ4n) is 4.67. The first kappa shape index (κ1) is 29.9. The number of hydrogen-bond donors (Lipinski definition) is 1. The normalized spacial score (nSPS) is 12.0. The van der Waals surface area contributed by atoms with Crippen molar-refractivity contribution in [1.29, 1.82) is 0 Å². The van der Waals surface area contributed by atoms with E-state index in [0.717, 1.165) is 44.8 Å². The molecule has 208 valence electrons. The van der Waals surface area contributed by atoms with Gasteiger partial charge >= 0.3 is 0 Å². The Labute approximate surface area is 232 Å². The summed E-state index contributed by atoms with van der Waals surface area (Å²) in [4.78, 5) is 29.2. The summed E-state index contributed by atoms with van der Waals surface area (Å²) in [6, 6.07) is 21.9. The Bertz CT molecular complexity index is 1370. The number of hydrogen-bond acceptors (Lipinski definition) is 4. The summed E-state index contributed by atoms with van der Waals surface area (Å²) in [7, 11) is -3.81. The monoisotopic (exact) mass is 549 g/mol. The summed E-state index contributed by atoms with van der Waals surface area (Å²) < 4.78 is 27.2. The van der Waals surface area contributed by atoms with Gasteiger partial charge < -0.3 is 10.2 Å². The molecule has 0 aliphatic rings. The van der Waals surface area contributed by atoms with E-state index < -0.39 is 28.5 Å². The molecule has 8 heteroatoms. The zero-order valence-electron chi connectivity index (χ0n) is 23.5. The highest BCUT2D eigenvalue weighted by Gasteiger charge is 2.33. The van der Waals surface area contributed by atoms with Crippen LogP contribution < -0.4 is 9.62 Å². The molecule has 1 atom stereocenters. The third-order valence-corrected chi connectivity index (χ3v) is 7.90. The molecule has 3 aromatic rings. The van der Waals surface area contributed by atoms with Crippen LogP contribution in [0.5, 0.6) is 0 Å². The molecule has 3 rings (SSSR count). The Morgan fingerprint density at radius 2 is 1.44 bits per heavy atom. The van der Waals surface area contributed by atoms with Gasteiger partial charge in [-0.3, -0.25) is 13.9 Å². The van der Waals surface area contributed by atoms with Gasteiger partial charge in [0, 0.05) is 19.5 Å². The van der Waals surface area contributed by atoms with Crippen LogP contribution in [0.15, 0.2) is 72.8 Å². The standard InChI is InChI=1S/C31H39N3O4S/c1-6-19-32-31(36)28(20-26-16-8-7-9-17-26)33(21-27-18-11-10-13-23(27)2)29(35)22-34(39(5,37)38)30-24(3)14-12-15-25(30)4/h7-18,28H,6,19-22H2,1-5H3,(H,32,36)/t28-/m1/s1. The van der Waals surface area contributed by atoms with Crippen molar-refractivity contribution in [2.45, 2.75) is 53.1 Å². The zero-order chi connectivity index (χ0) is 28.6. The van der Waals surface area contributed by atoms with Crippen molar-refractivity contribution in [1.82, 2.24) is 10.2 Å². The van der Waals surface area contributed by atoms with Gasteiger partial charge in [0.1, 0.15) is 12.6 Å². The van der Waals surface area contributed by atoms with Crippen LogP contribution in [0.3, 0.4) is 0 Å². The maximum absolute atomic E-state index is 14.2. The quantitative estimate of drug-likeness (QED) is 0.359. The lowest BCUT2D eigenvalue weighted by Gasteiger charge is -2.34. The minimum Gasteiger partial charge on any atom is -0.354 e. The minimum atomic E-state index is -3.81. The van der Waals surface area contributed by atoms with Crippen LogP contribution in [0, 0.1) is 20.8 Å². The van der Waals surface area contributed by atoms with Crippen LogP contribution in [0.2, 0.25) is 0 Å². The number of benzene rings is 3. The highest BCUT2D eigenvalue weighted by atomic mass is 32.2. The van der Waals surface area contributed by atoms with Crippen molar-refractivity contribution in [3.05, 3.63) is 101 Å².